The molecule has 0 aliphatic carbocycles. The number of rotatable bonds is 5. The van der Waals surface area contributed by atoms with Gasteiger partial charge >= 0.3 is 0 Å². The van der Waals surface area contributed by atoms with Crippen molar-refractivity contribution in [3.05, 3.63) is 64.7 Å². The van der Waals surface area contributed by atoms with Crippen LogP contribution < -0.4 is 10.2 Å². The zero-order chi connectivity index (χ0) is 16.7. The summed E-state index contributed by atoms with van der Waals surface area (Å²) in [6, 6.07) is 14.6. The third-order valence-corrected chi connectivity index (χ3v) is 3.29. The third kappa shape index (κ3) is 4.97. The first-order valence-electron chi connectivity index (χ1n) is 7.10. The van der Waals surface area contributed by atoms with E-state index in [4.69, 9.17) is 10.00 Å². The quantitative estimate of drug-likeness (QED) is 0.681. The van der Waals surface area contributed by atoms with Gasteiger partial charge in [0.05, 0.1) is 17.8 Å². The number of aryl methyl sites for hydroxylation is 2. The van der Waals surface area contributed by atoms with E-state index in [9.17, 15) is 4.79 Å². The molecule has 5 nitrogen and oxygen atoms in total. The fraction of sp³-hybridized carbons (Fsp3) is 0.167. The van der Waals surface area contributed by atoms with Gasteiger partial charge in [-0.05, 0) is 54.8 Å². The molecular formula is C18H17N3O2. The maximum Gasteiger partial charge on any atom is 0.277 e. The van der Waals surface area contributed by atoms with Crippen LogP contribution in [0.2, 0.25) is 0 Å². The first-order valence-corrected chi connectivity index (χ1v) is 7.10. The minimum absolute atomic E-state index is 0.104. The van der Waals surface area contributed by atoms with Crippen LogP contribution in [0.1, 0.15) is 22.3 Å². The van der Waals surface area contributed by atoms with Crippen molar-refractivity contribution in [3.63, 3.8) is 0 Å². The Hall–Kier alpha value is -3.13. The second-order valence-corrected chi connectivity index (χ2v) is 5.06. The lowest BCUT2D eigenvalue weighted by Gasteiger charge is -2.07. The zero-order valence-corrected chi connectivity index (χ0v) is 13.0. The second kappa shape index (κ2) is 7.76. The van der Waals surface area contributed by atoms with Crippen molar-refractivity contribution in [2.24, 2.45) is 5.10 Å². The lowest BCUT2D eigenvalue weighted by atomic mass is 10.1. The molecular weight excluding hydrogens is 290 g/mol. The summed E-state index contributed by atoms with van der Waals surface area (Å²) in [7, 11) is 0. The minimum Gasteiger partial charge on any atom is -0.484 e. The van der Waals surface area contributed by atoms with E-state index in [1.807, 2.05) is 38.1 Å². The Morgan fingerprint density at radius 2 is 1.96 bits per heavy atom. The lowest BCUT2D eigenvalue weighted by Crippen LogP contribution is -2.24. The van der Waals surface area contributed by atoms with Crippen LogP contribution in [0, 0.1) is 25.2 Å². The van der Waals surface area contributed by atoms with Crippen molar-refractivity contribution < 1.29 is 9.53 Å². The molecule has 0 bridgehead atoms. The Morgan fingerprint density at radius 3 is 2.61 bits per heavy atom. The smallest absolute Gasteiger partial charge is 0.277 e. The Labute approximate surface area is 135 Å². The molecule has 5 heteroatoms. The molecule has 0 fully saturated rings. The third-order valence-electron chi connectivity index (χ3n) is 3.29. The topological polar surface area (TPSA) is 74.5 Å². The summed E-state index contributed by atoms with van der Waals surface area (Å²) in [5, 5.41) is 12.6. The first kappa shape index (κ1) is 16.2. The largest absolute Gasteiger partial charge is 0.484 e. The van der Waals surface area contributed by atoms with Crippen LogP contribution in [0.4, 0.5) is 0 Å². The Bertz CT molecular complexity index is 759. The Kier molecular flexibility index (Phi) is 5.48. The molecule has 0 saturated heterocycles. The number of carbonyl (C=O) groups excluding carboxylic acids is 1. The normalized spacial score (nSPS) is 10.3. The van der Waals surface area contributed by atoms with Gasteiger partial charge in [0, 0.05) is 0 Å². The molecule has 0 aliphatic heterocycles. The maximum absolute atomic E-state index is 11.7. The predicted octanol–water partition coefficient (Wildman–Crippen LogP) is 2.70. The number of nitriles is 1. The summed E-state index contributed by atoms with van der Waals surface area (Å²) in [4.78, 5) is 11.7. The molecule has 2 aromatic rings. The van der Waals surface area contributed by atoms with Crippen molar-refractivity contribution >= 4 is 12.1 Å². The summed E-state index contributed by atoms with van der Waals surface area (Å²) in [6.07, 6.45) is 1.51. The summed E-state index contributed by atoms with van der Waals surface area (Å²) in [5.74, 6) is 0.312. The molecule has 0 aliphatic rings. The van der Waals surface area contributed by atoms with Crippen LogP contribution in [0.15, 0.2) is 47.6 Å². The molecule has 2 aromatic carbocycles. The number of nitrogens with zero attached hydrogens (tertiary/aromatic N) is 2. The number of hydrazone groups is 1. The Morgan fingerprint density at radius 1 is 1.22 bits per heavy atom. The fourth-order valence-electron chi connectivity index (χ4n) is 1.81. The van der Waals surface area contributed by atoms with Crippen molar-refractivity contribution in [1.82, 2.24) is 5.43 Å². The van der Waals surface area contributed by atoms with Gasteiger partial charge in [0.15, 0.2) is 6.61 Å². The second-order valence-electron chi connectivity index (χ2n) is 5.06. The number of benzene rings is 2. The molecule has 116 valence electrons. The zero-order valence-electron chi connectivity index (χ0n) is 13.0. The van der Waals surface area contributed by atoms with Gasteiger partial charge in [0.25, 0.3) is 5.91 Å². The van der Waals surface area contributed by atoms with Gasteiger partial charge in [-0.15, -0.1) is 0 Å². The van der Waals surface area contributed by atoms with E-state index in [1.165, 1.54) is 11.8 Å². The van der Waals surface area contributed by atoms with Crippen molar-refractivity contribution in [3.8, 4) is 11.8 Å². The summed E-state index contributed by atoms with van der Waals surface area (Å²) >= 11 is 0. The standard InChI is InChI=1S/C18H17N3O2/c1-13-3-8-17(9-14(13)2)23-12-18(22)21-20-11-16-6-4-15(10-19)5-7-16/h3-9,11H,12H2,1-2H3,(H,21,22)/b20-11-. The van der Waals surface area contributed by atoms with E-state index >= 15 is 0 Å². The van der Waals surface area contributed by atoms with Gasteiger partial charge in [-0.3, -0.25) is 4.79 Å². The average Bonchev–Trinajstić information content (AvgIpc) is 2.56. The average molecular weight is 307 g/mol. The number of hydrogen-bond donors (Lipinski definition) is 1. The SMILES string of the molecule is Cc1ccc(OCC(=O)N/N=C\c2ccc(C#N)cc2)cc1C. The van der Waals surface area contributed by atoms with Gasteiger partial charge in [-0.25, -0.2) is 5.43 Å². The monoisotopic (exact) mass is 307 g/mol. The summed E-state index contributed by atoms with van der Waals surface area (Å²) in [5.41, 5.74) is 6.05. The molecule has 0 radical (unpaired) electrons. The van der Waals surface area contributed by atoms with E-state index < -0.39 is 0 Å². The van der Waals surface area contributed by atoms with E-state index in [0.717, 1.165) is 11.1 Å². The van der Waals surface area contributed by atoms with Gasteiger partial charge in [-0.1, -0.05) is 18.2 Å². The highest BCUT2D eigenvalue weighted by Crippen LogP contribution is 2.16. The van der Waals surface area contributed by atoms with Gasteiger partial charge in [-0.2, -0.15) is 10.4 Å². The molecule has 0 spiro atoms. The van der Waals surface area contributed by atoms with E-state index in [1.54, 1.807) is 24.3 Å². The molecule has 0 aromatic heterocycles. The van der Waals surface area contributed by atoms with Crippen LogP contribution in [-0.2, 0) is 4.79 Å². The van der Waals surface area contributed by atoms with Crippen LogP contribution in [0.5, 0.6) is 5.75 Å². The van der Waals surface area contributed by atoms with Crippen molar-refractivity contribution in [1.29, 1.82) is 5.26 Å². The molecule has 0 unspecified atom stereocenters. The molecule has 23 heavy (non-hydrogen) atoms. The van der Waals surface area contributed by atoms with E-state index in [0.29, 0.717) is 11.3 Å². The van der Waals surface area contributed by atoms with Crippen molar-refractivity contribution in [2.75, 3.05) is 6.61 Å². The number of ether oxygens (including phenoxy) is 1. The highest BCUT2D eigenvalue weighted by atomic mass is 16.5. The molecule has 0 saturated carbocycles. The highest BCUT2D eigenvalue weighted by Gasteiger charge is 2.02. The molecule has 1 N–H and O–H groups in total. The molecule has 2 rings (SSSR count). The predicted molar refractivity (Wildman–Crippen MR) is 88.3 cm³/mol. The maximum atomic E-state index is 11.7. The van der Waals surface area contributed by atoms with Crippen LogP contribution in [0.3, 0.4) is 0 Å². The lowest BCUT2D eigenvalue weighted by molar-refractivity contribution is -0.123. The number of amides is 1. The fourth-order valence-corrected chi connectivity index (χ4v) is 1.81. The highest BCUT2D eigenvalue weighted by molar-refractivity contribution is 5.83. The summed E-state index contributed by atoms with van der Waals surface area (Å²) in [6.45, 7) is 3.90. The molecule has 1 amide bonds. The van der Waals surface area contributed by atoms with E-state index in [2.05, 4.69) is 10.5 Å². The number of hydrogen-bond acceptors (Lipinski definition) is 4. The summed E-state index contributed by atoms with van der Waals surface area (Å²) < 4.78 is 5.41. The number of carbonyl (C=O) groups is 1. The Balaban J connectivity index is 1.81. The molecule has 0 heterocycles. The van der Waals surface area contributed by atoms with Gasteiger partial charge in [0.1, 0.15) is 5.75 Å². The van der Waals surface area contributed by atoms with Gasteiger partial charge in [0.2, 0.25) is 0 Å². The first-order chi connectivity index (χ1) is 11.1. The van der Waals surface area contributed by atoms with Crippen molar-refractivity contribution in [2.45, 2.75) is 13.8 Å². The van der Waals surface area contributed by atoms with Gasteiger partial charge < -0.3 is 4.74 Å². The van der Waals surface area contributed by atoms with Crippen LogP contribution in [-0.4, -0.2) is 18.7 Å². The minimum atomic E-state index is -0.340. The van der Waals surface area contributed by atoms with Crippen LogP contribution in [0.25, 0.3) is 0 Å². The van der Waals surface area contributed by atoms with Crippen LogP contribution >= 0.6 is 0 Å². The number of nitrogens with one attached hydrogen (secondary N) is 1. The molecule has 0 atom stereocenters. The van der Waals surface area contributed by atoms with E-state index in [-0.39, 0.29) is 12.5 Å².